The number of hydrogen-bond acceptors (Lipinski definition) is 5. The molecular weight excluding hydrogens is 296 g/mol. The summed E-state index contributed by atoms with van der Waals surface area (Å²) in [5.74, 6) is -0.509. The van der Waals surface area contributed by atoms with Gasteiger partial charge in [0.2, 0.25) is 0 Å². The summed E-state index contributed by atoms with van der Waals surface area (Å²) >= 11 is 0. The number of rotatable bonds is 6. The van der Waals surface area contributed by atoms with E-state index in [-0.39, 0.29) is 11.8 Å². The lowest BCUT2D eigenvalue weighted by Crippen LogP contribution is -2.42. The SMILES string of the molecule is CCn1nnc2cc(C(=O)N[C@H](CC(C)C)C(=O)OC)ccc21. The molecule has 1 N–H and O–H groups in total. The fourth-order valence-corrected chi connectivity index (χ4v) is 2.42. The van der Waals surface area contributed by atoms with Crippen molar-refractivity contribution in [1.82, 2.24) is 20.3 Å². The number of carbonyl (C=O) groups is 2. The van der Waals surface area contributed by atoms with E-state index in [2.05, 4.69) is 15.6 Å². The Morgan fingerprint density at radius 1 is 1.35 bits per heavy atom. The average Bonchev–Trinajstić information content (AvgIpc) is 2.95. The maximum atomic E-state index is 12.4. The number of nitrogens with one attached hydrogen (secondary N) is 1. The van der Waals surface area contributed by atoms with Crippen molar-refractivity contribution in [3.05, 3.63) is 23.8 Å². The number of methoxy groups -OCH3 is 1. The van der Waals surface area contributed by atoms with Crippen LogP contribution in [0.2, 0.25) is 0 Å². The third-order valence-corrected chi connectivity index (χ3v) is 3.57. The molecular formula is C16H22N4O3. The molecule has 23 heavy (non-hydrogen) atoms. The first-order chi connectivity index (χ1) is 11.0. The summed E-state index contributed by atoms with van der Waals surface area (Å²) in [5, 5.41) is 10.8. The van der Waals surface area contributed by atoms with Gasteiger partial charge in [0.25, 0.3) is 5.91 Å². The quantitative estimate of drug-likeness (QED) is 0.820. The summed E-state index contributed by atoms with van der Waals surface area (Å²) in [6.45, 7) is 6.65. The Kier molecular flexibility index (Phi) is 5.31. The lowest BCUT2D eigenvalue weighted by molar-refractivity contribution is -0.143. The van der Waals surface area contributed by atoms with Crippen LogP contribution in [0, 0.1) is 5.92 Å². The molecule has 0 fully saturated rings. The average molecular weight is 318 g/mol. The molecule has 0 bridgehead atoms. The van der Waals surface area contributed by atoms with Crippen LogP contribution >= 0.6 is 0 Å². The summed E-state index contributed by atoms with van der Waals surface area (Å²) in [6.07, 6.45) is 0.521. The lowest BCUT2D eigenvalue weighted by atomic mass is 10.0. The van der Waals surface area contributed by atoms with Crippen LogP contribution in [-0.4, -0.2) is 40.0 Å². The van der Waals surface area contributed by atoms with Crippen molar-refractivity contribution in [3.8, 4) is 0 Å². The molecule has 0 saturated carbocycles. The fourth-order valence-electron chi connectivity index (χ4n) is 2.42. The zero-order valence-electron chi connectivity index (χ0n) is 13.9. The topological polar surface area (TPSA) is 86.1 Å². The van der Waals surface area contributed by atoms with Gasteiger partial charge >= 0.3 is 5.97 Å². The molecule has 1 aromatic heterocycles. The Morgan fingerprint density at radius 2 is 2.09 bits per heavy atom. The number of hydrogen-bond donors (Lipinski definition) is 1. The monoisotopic (exact) mass is 318 g/mol. The number of aryl methyl sites for hydroxylation is 1. The molecule has 7 nitrogen and oxygen atoms in total. The molecule has 1 aromatic carbocycles. The van der Waals surface area contributed by atoms with Crippen molar-refractivity contribution in [2.45, 2.75) is 39.8 Å². The summed E-state index contributed by atoms with van der Waals surface area (Å²) < 4.78 is 6.52. The maximum absolute atomic E-state index is 12.4. The van der Waals surface area contributed by atoms with E-state index in [0.717, 1.165) is 5.52 Å². The van der Waals surface area contributed by atoms with Gasteiger partial charge in [0.1, 0.15) is 11.6 Å². The third-order valence-electron chi connectivity index (χ3n) is 3.57. The van der Waals surface area contributed by atoms with Crippen LogP contribution in [-0.2, 0) is 16.1 Å². The van der Waals surface area contributed by atoms with Crippen LogP contribution in [0.4, 0.5) is 0 Å². The Balaban J connectivity index is 2.19. The van der Waals surface area contributed by atoms with E-state index in [1.54, 1.807) is 16.8 Å². The summed E-state index contributed by atoms with van der Waals surface area (Å²) in [4.78, 5) is 24.2. The summed E-state index contributed by atoms with van der Waals surface area (Å²) in [6, 6.07) is 4.53. The number of esters is 1. The Labute approximate surface area is 135 Å². The number of nitrogens with zero attached hydrogens (tertiary/aromatic N) is 3. The van der Waals surface area contributed by atoms with E-state index in [4.69, 9.17) is 4.74 Å². The van der Waals surface area contributed by atoms with E-state index in [1.807, 2.05) is 26.8 Å². The normalized spacial score (nSPS) is 12.4. The molecule has 0 unspecified atom stereocenters. The number of fused-ring (bicyclic) bond motifs is 1. The van der Waals surface area contributed by atoms with Gasteiger partial charge in [0, 0.05) is 12.1 Å². The van der Waals surface area contributed by atoms with Gasteiger partial charge in [0.05, 0.1) is 12.6 Å². The maximum Gasteiger partial charge on any atom is 0.328 e. The number of carbonyl (C=O) groups excluding carboxylic acids is 2. The molecule has 2 aromatic rings. The second kappa shape index (κ2) is 7.21. The Bertz CT molecular complexity index is 708. The first-order valence-corrected chi connectivity index (χ1v) is 7.68. The number of ether oxygens (including phenoxy) is 1. The van der Waals surface area contributed by atoms with Crippen LogP contribution in [0.5, 0.6) is 0 Å². The highest BCUT2D eigenvalue weighted by Gasteiger charge is 2.23. The molecule has 124 valence electrons. The molecule has 0 aliphatic carbocycles. The van der Waals surface area contributed by atoms with Gasteiger partial charge in [-0.1, -0.05) is 19.1 Å². The van der Waals surface area contributed by atoms with Crippen LogP contribution in [0.15, 0.2) is 18.2 Å². The fraction of sp³-hybridized carbons (Fsp3) is 0.500. The molecule has 1 amide bonds. The first kappa shape index (κ1) is 16.9. The molecule has 0 aliphatic heterocycles. The van der Waals surface area contributed by atoms with Crippen LogP contribution < -0.4 is 5.32 Å². The highest BCUT2D eigenvalue weighted by molar-refractivity contribution is 5.99. The molecule has 1 heterocycles. The van der Waals surface area contributed by atoms with Gasteiger partial charge in [-0.05, 0) is 37.5 Å². The molecule has 7 heteroatoms. The van der Waals surface area contributed by atoms with E-state index in [1.165, 1.54) is 7.11 Å². The molecule has 2 rings (SSSR count). The van der Waals surface area contributed by atoms with Gasteiger partial charge in [-0.3, -0.25) is 4.79 Å². The third kappa shape index (κ3) is 3.85. The standard InChI is InChI=1S/C16H22N4O3/c1-5-20-14-7-6-11(9-12(14)18-19-20)15(21)17-13(8-10(2)3)16(22)23-4/h6-7,9-10,13H,5,8H2,1-4H3,(H,17,21)/t13-/m1/s1. The van der Waals surface area contributed by atoms with Crippen molar-refractivity contribution >= 4 is 22.9 Å². The highest BCUT2D eigenvalue weighted by atomic mass is 16.5. The molecule has 0 spiro atoms. The molecule has 0 aliphatic rings. The highest BCUT2D eigenvalue weighted by Crippen LogP contribution is 2.14. The largest absolute Gasteiger partial charge is 0.467 e. The Hall–Kier alpha value is -2.44. The first-order valence-electron chi connectivity index (χ1n) is 7.68. The van der Waals surface area contributed by atoms with Gasteiger partial charge in [-0.25, -0.2) is 9.48 Å². The smallest absolute Gasteiger partial charge is 0.328 e. The number of aromatic nitrogens is 3. The van der Waals surface area contributed by atoms with Gasteiger partial charge in [-0.15, -0.1) is 5.10 Å². The van der Waals surface area contributed by atoms with Gasteiger partial charge < -0.3 is 10.1 Å². The minimum atomic E-state index is -0.658. The van der Waals surface area contributed by atoms with E-state index in [9.17, 15) is 9.59 Å². The number of amides is 1. The van der Waals surface area contributed by atoms with E-state index >= 15 is 0 Å². The van der Waals surface area contributed by atoms with Crippen molar-refractivity contribution in [3.63, 3.8) is 0 Å². The van der Waals surface area contributed by atoms with Crippen molar-refractivity contribution < 1.29 is 14.3 Å². The Morgan fingerprint density at radius 3 is 2.70 bits per heavy atom. The minimum absolute atomic E-state index is 0.256. The molecule has 0 saturated heterocycles. The second-order valence-electron chi connectivity index (χ2n) is 5.79. The van der Waals surface area contributed by atoms with Crippen LogP contribution in [0.25, 0.3) is 11.0 Å². The predicted octanol–water partition coefficient (Wildman–Crippen LogP) is 1.77. The summed E-state index contributed by atoms with van der Waals surface area (Å²) in [5.41, 5.74) is 1.96. The number of benzene rings is 1. The van der Waals surface area contributed by atoms with Crippen LogP contribution in [0.3, 0.4) is 0 Å². The predicted molar refractivity (Wildman–Crippen MR) is 85.9 cm³/mol. The zero-order chi connectivity index (χ0) is 17.0. The minimum Gasteiger partial charge on any atom is -0.467 e. The van der Waals surface area contributed by atoms with E-state index in [0.29, 0.717) is 24.0 Å². The van der Waals surface area contributed by atoms with E-state index < -0.39 is 12.0 Å². The molecule has 1 atom stereocenters. The summed E-state index contributed by atoms with van der Waals surface area (Å²) in [7, 11) is 1.32. The van der Waals surface area contributed by atoms with Gasteiger partial charge in [0.15, 0.2) is 0 Å². The lowest BCUT2D eigenvalue weighted by Gasteiger charge is -2.18. The molecule has 0 radical (unpaired) electrons. The second-order valence-corrected chi connectivity index (χ2v) is 5.79. The van der Waals surface area contributed by atoms with Crippen LogP contribution in [0.1, 0.15) is 37.6 Å². The van der Waals surface area contributed by atoms with Crippen molar-refractivity contribution in [2.75, 3.05) is 7.11 Å². The van der Waals surface area contributed by atoms with Gasteiger partial charge in [-0.2, -0.15) is 0 Å². The zero-order valence-corrected chi connectivity index (χ0v) is 13.9. The van der Waals surface area contributed by atoms with Crippen molar-refractivity contribution in [1.29, 1.82) is 0 Å². The van der Waals surface area contributed by atoms with Crippen molar-refractivity contribution in [2.24, 2.45) is 5.92 Å².